The van der Waals surface area contributed by atoms with Crippen LogP contribution in [0.5, 0.6) is 0 Å². The lowest BCUT2D eigenvalue weighted by Crippen LogP contribution is -2.24. The summed E-state index contributed by atoms with van der Waals surface area (Å²) in [5, 5.41) is 9.89. The van der Waals surface area contributed by atoms with Crippen molar-refractivity contribution in [3.63, 3.8) is 0 Å². The molecule has 0 aromatic carbocycles. The van der Waals surface area contributed by atoms with E-state index >= 15 is 0 Å². The van der Waals surface area contributed by atoms with E-state index < -0.39 is 0 Å². The summed E-state index contributed by atoms with van der Waals surface area (Å²) in [4.78, 5) is 11.0. The molecule has 100 valence electrons. The van der Waals surface area contributed by atoms with Crippen molar-refractivity contribution in [2.24, 2.45) is 0 Å². The van der Waals surface area contributed by atoms with E-state index in [4.69, 9.17) is 11.6 Å². The summed E-state index contributed by atoms with van der Waals surface area (Å²) in [6, 6.07) is 0. The normalized spacial score (nSPS) is 16.7. The highest BCUT2D eigenvalue weighted by atomic mass is 35.5. The van der Waals surface area contributed by atoms with Gasteiger partial charge in [0.1, 0.15) is 16.8 Å². The molecule has 2 rings (SSSR count). The Bertz CT molecular complexity index is 432. The minimum Gasteiger partial charge on any atom is -0.393 e. The van der Waals surface area contributed by atoms with Gasteiger partial charge in [-0.1, -0.05) is 11.6 Å². The lowest BCUT2D eigenvalue weighted by molar-refractivity contribution is 0.187. The Hall–Kier alpha value is -0.870. The van der Waals surface area contributed by atoms with Gasteiger partial charge in [-0.2, -0.15) is 0 Å². The van der Waals surface area contributed by atoms with E-state index in [1.807, 2.05) is 18.9 Å². The van der Waals surface area contributed by atoms with Gasteiger partial charge in [-0.15, -0.1) is 0 Å². The van der Waals surface area contributed by atoms with E-state index in [0.29, 0.717) is 11.1 Å². The predicted molar refractivity (Wildman–Crippen MR) is 73.3 cm³/mol. The molecule has 1 aromatic rings. The van der Waals surface area contributed by atoms with E-state index in [-0.39, 0.29) is 6.10 Å². The zero-order chi connectivity index (χ0) is 13.3. The van der Waals surface area contributed by atoms with Gasteiger partial charge in [-0.3, -0.25) is 0 Å². The highest BCUT2D eigenvalue weighted by Gasteiger charge is 2.28. The van der Waals surface area contributed by atoms with Crippen molar-refractivity contribution >= 4 is 17.4 Å². The number of nitrogens with zero attached hydrogens (tertiary/aromatic N) is 3. The van der Waals surface area contributed by atoms with E-state index in [9.17, 15) is 5.11 Å². The quantitative estimate of drug-likeness (QED) is 0.835. The molecule has 1 aromatic heterocycles. The minimum atomic E-state index is -0.298. The standard InChI is InChI=1S/C13H20ClN3O/c1-8(18)6-7-17(3)13-9(2)11(14)15-12(16-13)10-4-5-10/h8,10,18H,4-7H2,1-3H3. The maximum absolute atomic E-state index is 9.34. The van der Waals surface area contributed by atoms with Gasteiger partial charge in [0.2, 0.25) is 0 Å². The number of aliphatic hydroxyl groups excluding tert-OH is 1. The summed E-state index contributed by atoms with van der Waals surface area (Å²) in [6.45, 7) is 4.49. The third-order valence-electron chi connectivity index (χ3n) is 3.26. The molecule has 5 heteroatoms. The Balaban J connectivity index is 2.19. The fourth-order valence-corrected chi connectivity index (χ4v) is 2.05. The zero-order valence-corrected chi connectivity index (χ0v) is 11.9. The van der Waals surface area contributed by atoms with Crippen molar-refractivity contribution in [3.8, 4) is 0 Å². The van der Waals surface area contributed by atoms with E-state index in [0.717, 1.165) is 43.0 Å². The first-order chi connectivity index (χ1) is 8.49. The number of aliphatic hydroxyl groups is 1. The molecule has 1 fully saturated rings. The van der Waals surface area contributed by atoms with Crippen molar-refractivity contribution in [1.29, 1.82) is 0 Å². The Morgan fingerprint density at radius 3 is 2.67 bits per heavy atom. The zero-order valence-electron chi connectivity index (χ0n) is 11.1. The second-order valence-corrected chi connectivity index (χ2v) is 5.51. The van der Waals surface area contributed by atoms with Crippen LogP contribution in [0, 0.1) is 6.92 Å². The summed E-state index contributed by atoms with van der Waals surface area (Å²) in [5.41, 5.74) is 0.911. The first-order valence-electron chi connectivity index (χ1n) is 6.42. The molecule has 0 aliphatic heterocycles. The highest BCUT2D eigenvalue weighted by Crippen LogP contribution is 2.39. The summed E-state index contributed by atoms with van der Waals surface area (Å²) in [5.74, 6) is 2.24. The van der Waals surface area contributed by atoms with Gasteiger partial charge >= 0.3 is 0 Å². The average Bonchev–Trinajstić information content (AvgIpc) is 3.13. The van der Waals surface area contributed by atoms with E-state index in [1.165, 1.54) is 0 Å². The summed E-state index contributed by atoms with van der Waals surface area (Å²) in [6.07, 6.45) is 2.75. The Morgan fingerprint density at radius 1 is 1.44 bits per heavy atom. The Labute approximate surface area is 113 Å². The molecule has 1 aliphatic carbocycles. The second-order valence-electron chi connectivity index (χ2n) is 5.15. The third kappa shape index (κ3) is 3.12. The molecule has 0 saturated heterocycles. The highest BCUT2D eigenvalue weighted by molar-refractivity contribution is 6.30. The molecule has 1 heterocycles. The van der Waals surface area contributed by atoms with Crippen LogP contribution in [0.1, 0.15) is 43.5 Å². The molecular weight excluding hydrogens is 250 g/mol. The van der Waals surface area contributed by atoms with Gasteiger partial charge in [-0.25, -0.2) is 9.97 Å². The van der Waals surface area contributed by atoms with Crippen molar-refractivity contribution in [2.75, 3.05) is 18.5 Å². The van der Waals surface area contributed by atoms with E-state index in [2.05, 4.69) is 9.97 Å². The number of hydrogen-bond donors (Lipinski definition) is 1. The first-order valence-corrected chi connectivity index (χ1v) is 6.80. The molecule has 1 saturated carbocycles. The molecule has 1 unspecified atom stereocenters. The molecule has 1 N–H and O–H groups in total. The smallest absolute Gasteiger partial charge is 0.137 e. The monoisotopic (exact) mass is 269 g/mol. The van der Waals surface area contributed by atoms with Gasteiger partial charge in [0.15, 0.2) is 0 Å². The molecule has 0 bridgehead atoms. The topological polar surface area (TPSA) is 49.2 Å². The molecule has 1 aliphatic rings. The van der Waals surface area contributed by atoms with Crippen LogP contribution in [0.2, 0.25) is 5.15 Å². The molecule has 0 amide bonds. The van der Waals surface area contributed by atoms with Crippen LogP contribution < -0.4 is 4.90 Å². The van der Waals surface area contributed by atoms with Crippen molar-refractivity contribution < 1.29 is 5.11 Å². The maximum atomic E-state index is 9.34. The molecule has 1 atom stereocenters. The maximum Gasteiger partial charge on any atom is 0.137 e. The van der Waals surface area contributed by atoms with Crippen LogP contribution in [0.25, 0.3) is 0 Å². The Morgan fingerprint density at radius 2 is 2.11 bits per heavy atom. The molecule has 4 nitrogen and oxygen atoms in total. The third-order valence-corrected chi connectivity index (χ3v) is 3.63. The number of rotatable bonds is 5. The van der Waals surface area contributed by atoms with Crippen LogP contribution in [0.4, 0.5) is 5.82 Å². The SMILES string of the molecule is Cc1c(Cl)nc(C2CC2)nc1N(C)CCC(C)O. The lowest BCUT2D eigenvalue weighted by Gasteiger charge is -2.21. The largest absolute Gasteiger partial charge is 0.393 e. The second kappa shape index (κ2) is 5.41. The number of anilines is 1. The van der Waals surface area contributed by atoms with Crippen molar-refractivity contribution in [1.82, 2.24) is 9.97 Å². The molecule has 18 heavy (non-hydrogen) atoms. The summed E-state index contributed by atoms with van der Waals surface area (Å²) in [7, 11) is 1.98. The van der Waals surface area contributed by atoms with Crippen molar-refractivity contribution in [2.45, 2.75) is 45.1 Å². The van der Waals surface area contributed by atoms with E-state index in [1.54, 1.807) is 6.92 Å². The number of hydrogen-bond acceptors (Lipinski definition) is 4. The number of halogens is 1. The van der Waals surface area contributed by atoms with Gasteiger partial charge in [0.25, 0.3) is 0 Å². The van der Waals surface area contributed by atoms with Crippen molar-refractivity contribution in [3.05, 3.63) is 16.5 Å². The van der Waals surface area contributed by atoms with Gasteiger partial charge in [-0.05, 0) is 33.1 Å². The van der Waals surface area contributed by atoms with Gasteiger partial charge < -0.3 is 10.0 Å². The summed E-state index contributed by atoms with van der Waals surface area (Å²) >= 11 is 6.17. The molecule has 0 radical (unpaired) electrons. The Kier molecular flexibility index (Phi) is 4.07. The molecular formula is C13H20ClN3O. The fraction of sp³-hybridized carbons (Fsp3) is 0.692. The van der Waals surface area contributed by atoms with Crippen LogP contribution in [0.3, 0.4) is 0 Å². The van der Waals surface area contributed by atoms with Gasteiger partial charge in [0, 0.05) is 25.1 Å². The predicted octanol–water partition coefficient (Wildman–Crippen LogP) is 2.52. The van der Waals surface area contributed by atoms with Crippen LogP contribution in [-0.4, -0.2) is 34.8 Å². The molecule has 0 spiro atoms. The average molecular weight is 270 g/mol. The fourth-order valence-electron chi connectivity index (χ4n) is 1.88. The summed E-state index contributed by atoms with van der Waals surface area (Å²) < 4.78 is 0. The lowest BCUT2D eigenvalue weighted by atomic mass is 10.2. The van der Waals surface area contributed by atoms with Crippen LogP contribution in [0.15, 0.2) is 0 Å². The van der Waals surface area contributed by atoms with Crippen LogP contribution >= 0.6 is 11.6 Å². The number of aromatic nitrogens is 2. The van der Waals surface area contributed by atoms with Gasteiger partial charge in [0.05, 0.1) is 6.10 Å². The van der Waals surface area contributed by atoms with Crippen LogP contribution in [-0.2, 0) is 0 Å². The first kappa shape index (κ1) is 13.6. The minimum absolute atomic E-state index is 0.298.